The number of anilines is 1. The monoisotopic (exact) mass is 273 g/mol. The van der Waals surface area contributed by atoms with Gasteiger partial charge in [-0.1, -0.05) is 12.1 Å². The molecule has 1 aliphatic rings. The molecule has 0 aliphatic heterocycles. The molecule has 1 aromatic rings. The highest BCUT2D eigenvalue weighted by molar-refractivity contribution is 7.71. The summed E-state index contributed by atoms with van der Waals surface area (Å²) >= 11 is 0. The van der Waals surface area contributed by atoms with Gasteiger partial charge in [-0.15, -0.1) is 0 Å². The molecule has 1 N–H and O–H groups in total. The van der Waals surface area contributed by atoms with Crippen molar-refractivity contribution in [3.8, 4) is 0 Å². The van der Waals surface area contributed by atoms with Crippen LogP contribution in [0.5, 0.6) is 0 Å². The number of nitrogens with one attached hydrogen (secondary N) is 1. The van der Waals surface area contributed by atoms with E-state index in [1.54, 1.807) is 30.3 Å². The summed E-state index contributed by atoms with van der Waals surface area (Å²) in [5.74, 6) is 0. The van der Waals surface area contributed by atoms with Gasteiger partial charge in [0.2, 0.25) is 10.3 Å². The summed E-state index contributed by atoms with van der Waals surface area (Å²) in [7, 11) is -2.19. The Morgan fingerprint density at radius 1 is 1.21 bits per heavy atom. The summed E-state index contributed by atoms with van der Waals surface area (Å²) in [5, 5.41) is 4.32. The zero-order chi connectivity index (χ0) is 13.7. The van der Waals surface area contributed by atoms with Gasteiger partial charge in [-0.3, -0.25) is 0 Å². The summed E-state index contributed by atoms with van der Waals surface area (Å²) in [6.07, 6.45) is 6.01. The predicted octanol–water partition coefficient (Wildman–Crippen LogP) is 1.64. The van der Waals surface area contributed by atoms with Crippen LogP contribution in [0.4, 0.5) is 5.69 Å². The number of benzene rings is 1. The molecule has 0 heterocycles. The van der Waals surface area contributed by atoms with Gasteiger partial charge < -0.3 is 10.8 Å². The maximum atomic E-state index is 10.5. The fourth-order valence-electron chi connectivity index (χ4n) is 1.63. The van der Waals surface area contributed by atoms with E-state index in [4.69, 9.17) is 5.53 Å². The maximum absolute atomic E-state index is 10.5. The molecular weight excluding hydrogens is 262 g/mol. The third-order valence-corrected chi connectivity index (χ3v) is 3.01. The predicted molar refractivity (Wildman–Crippen MR) is 74.6 cm³/mol. The molecule has 96 valence electrons. The molecule has 0 amide bonds. The molecule has 0 unspecified atom stereocenters. The van der Waals surface area contributed by atoms with Crippen molar-refractivity contribution in [1.29, 1.82) is 0 Å². The number of hydrogen-bond acceptors (Lipinski definition) is 3. The molecule has 0 fully saturated rings. The standard InChI is InChI=1S/C13H11N3O2S/c14-16-13-7-5-12(6-8-13)15-11-3-1-10(2-4-11)9-19(17)18/h1-7,9,15H,8H2. The minimum absolute atomic E-state index is 0.566. The van der Waals surface area contributed by atoms with E-state index in [1.165, 1.54) is 0 Å². The molecule has 0 atom stereocenters. The molecule has 19 heavy (non-hydrogen) atoms. The molecule has 6 heteroatoms. The van der Waals surface area contributed by atoms with E-state index in [0.717, 1.165) is 16.8 Å². The molecule has 0 radical (unpaired) electrons. The normalized spacial score (nSPS) is 13.5. The molecule has 1 aliphatic carbocycles. The highest BCUT2D eigenvalue weighted by Gasteiger charge is 2.07. The Labute approximate surface area is 112 Å². The molecule has 2 rings (SSSR count). The van der Waals surface area contributed by atoms with Crippen molar-refractivity contribution in [3.05, 3.63) is 59.3 Å². The molecule has 5 nitrogen and oxygen atoms in total. The van der Waals surface area contributed by atoms with Gasteiger partial charge in [0.05, 0.1) is 11.8 Å². The van der Waals surface area contributed by atoms with Crippen molar-refractivity contribution < 1.29 is 13.2 Å². The third-order valence-electron chi connectivity index (χ3n) is 2.55. The number of allylic oxidation sites excluding steroid dienone is 3. The van der Waals surface area contributed by atoms with Crippen molar-refractivity contribution in [1.82, 2.24) is 0 Å². The summed E-state index contributed by atoms with van der Waals surface area (Å²) in [5.41, 5.74) is 11.6. The summed E-state index contributed by atoms with van der Waals surface area (Å²) in [6.45, 7) is 0. The lowest BCUT2D eigenvalue weighted by Gasteiger charge is -2.09. The minimum Gasteiger partial charge on any atom is -0.361 e. The second-order valence-corrected chi connectivity index (χ2v) is 4.67. The fourth-order valence-corrected chi connectivity index (χ4v) is 2.01. The van der Waals surface area contributed by atoms with Crippen molar-refractivity contribution in [2.24, 2.45) is 0 Å². The molecule has 0 saturated carbocycles. The van der Waals surface area contributed by atoms with E-state index < -0.39 is 10.3 Å². The number of nitrogens with zero attached hydrogens (tertiary/aromatic N) is 2. The van der Waals surface area contributed by atoms with E-state index in [-0.39, 0.29) is 0 Å². The van der Waals surface area contributed by atoms with E-state index >= 15 is 0 Å². The first-order valence-electron chi connectivity index (χ1n) is 5.56. The van der Waals surface area contributed by atoms with Crippen LogP contribution in [-0.4, -0.2) is 24.3 Å². The van der Waals surface area contributed by atoms with Gasteiger partial charge in [-0.05, 0) is 29.8 Å². The van der Waals surface area contributed by atoms with Crippen LogP contribution in [-0.2, 0) is 10.3 Å². The number of hydrogen-bond donors (Lipinski definition) is 1. The lowest BCUT2D eigenvalue weighted by atomic mass is 10.1. The lowest BCUT2D eigenvalue weighted by molar-refractivity contribution is -0.00540. The zero-order valence-corrected chi connectivity index (χ0v) is 10.8. The van der Waals surface area contributed by atoms with Gasteiger partial charge in [0.1, 0.15) is 0 Å². The van der Waals surface area contributed by atoms with Crippen LogP contribution in [0.25, 0.3) is 5.53 Å². The molecule has 0 spiro atoms. The average Bonchev–Trinajstić information content (AvgIpc) is 2.41. The Morgan fingerprint density at radius 3 is 2.47 bits per heavy atom. The van der Waals surface area contributed by atoms with Crippen LogP contribution < -0.4 is 5.32 Å². The van der Waals surface area contributed by atoms with Crippen LogP contribution in [0.1, 0.15) is 12.0 Å². The van der Waals surface area contributed by atoms with E-state index in [9.17, 15) is 8.42 Å². The molecule has 0 bridgehead atoms. The largest absolute Gasteiger partial charge is 0.361 e. The first-order chi connectivity index (χ1) is 9.17. The van der Waals surface area contributed by atoms with Gasteiger partial charge in [0, 0.05) is 17.5 Å². The topological polar surface area (TPSA) is 82.6 Å². The summed E-state index contributed by atoms with van der Waals surface area (Å²) < 4.78 is 21.0. The van der Waals surface area contributed by atoms with Gasteiger partial charge in [0.15, 0.2) is 0 Å². The highest BCUT2D eigenvalue weighted by Crippen LogP contribution is 2.14. The van der Waals surface area contributed by atoms with Crippen molar-refractivity contribution in [2.75, 3.05) is 5.32 Å². The van der Waals surface area contributed by atoms with Crippen molar-refractivity contribution >= 4 is 27.1 Å². The molecule has 1 aromatic carbocycles. The van der Waals surface area contributed by atoms with E-state index in [1.807, 2.05) is 12.2 Å². The highest BCUT2D eigenvalue weighted by atomic mass is 32.2. The Kier molecular flexibility index (Phi) is 4.07. The smallest absolute Gasteiger partial charge is 0.295 e. The van der Waals surface area contributed by atoms with Crippen LogP contribution in [0.2, 0.25) is 0 Å². The van der Waals surface area contributed by atoms with E-state index in [0.29, 0.717) is 17.7 Å². The van der Waals surface area contributed by atoms with Crippen LogP contribution >= 0.6 is 0 Å². The Morgan fingerprint density at radius 2 is 1.95 bits per heavy atom. The first-order valence-corrected chi connectivity index (χ1v) is 6.70. The average molecular weight is 273 g/mol. The Hall–Kier alpha value is -2.43. The van der Waals surface area contributed by atoms with Crippen LogP contribution in [0.3, 0.4) is 0 Å². The second kappa shape index (κ2) is 5.95. The summed E-state index contributed by atoms with van der Waals surface area (Å²) in [6, 6.07) is 7.02. The summed E-state index contributed by atoms with van der Waals surface area (Å²) in [4.78, 5) is 3.12. The fraction of sp³-hybridized carbons (Fsp3) is 0.0769. The third kappa shape index (κ3) is 3.77. The van der Waals surface area contributed by atoms with Crippen LogP contribution in [0.15, 0.2) is 48.2 Å². The van der Waals surface area contributed by atoms with E-state index in [2.05, 4.69) is 10.1 Å². The molecule has 0 aromatic heterocycles. The quantitative estimate of drug-likeness (QED) is 0.516. The van der Waals surface area contributed by atoms with Gasteiger partial charge >= 0.3 is 0 Å². The van der Waals surface area contributed by atoms with Gasteiger partial charge in [-0.25, -0.2) is 0 Å². The second-order valence-electron chi connectivity index (χ2n) is 3.91. The minimum atomic E-state index is -2.19. The van der Waals surface area contributed by atoms with Gasteiger partial charge in [0.25, 0.3) is 5.71 Å². The van der Waals surface area contributed by atoms with Crippen LogP contribution in [0, 0.1) is 0 Å². The van der Waals surface area contributed by atoms with Gasteiger partial charge in [-0.2, -0.15) is 13.2 Å². The first kappa shape index (κ1) is 13.0. The lowest BCUT2D eigenvalue weighted by Crippen LogP contribution is -2.04. The molecular formula is C13H11N3O2S. The number of rotatable bonds is 3. The molecule has 0 saturated heterocycles. The Bertz CT molecular complexity index is 714. The maximum Gasteiger partial charge on any atom is 0.295 e. The zero-order valence-electron chi connectivity index (χ0n) is 9.95. The SMILES string of the molecule is [N-]=[N+]=C1C=CC(Nc2ccc(C=S(=O)=O)cc2)=CC1. The Balaban J connectivity index is 2.09. The van der Waals surface area contributed by atoms with Crippen molar-refractivity contribution in [3.63, 3.8) is 0 Å². The van der Waals surface area contributed by atoms with Crippen molar-refractivity contribution in [2.45, 2.75) is 6.42 Å².